The van der Waals surface area contributed by atoms with Gasteiger partial charge in [-0.05, 0) is 73.7 Å². The van der Waals surface area contributed by atoms with Gasteiger partial charge in [0, 0.05) is 49.2 Å². The van der Waals surface area contributed by atoms with Crippen molar-refractivity contribution in [3.05, 3.63) is 59.7 Å². The molecular formula is C24H27N3O2. The summed E-state index contributed by atoms with van der Waals surface area (Å²) in [6.45, 7) is 5.03. The van der Waals surface area contributed by atoms with Crippen molar-refractivity contribution < 1.29 is 9.59 Å². The summed E-state index contributed by atoms with van der Waals surface area (Å²) >= 11 is 0. The first-order valence-electron chi connectivity index (χ1n) is 10.4. The molecule has 0 saturated carbocycles. The van der Waals surface area contributed by atoms with Gasteiger partial charge in [-0.15, -0.1) is 0 Å². The average molecular weight is 389 g/mol. The maximum absolute atomic E-state index is 12.3. The van der Waals surface area contributed by atoms with Crippen LogP contribution >= 0.6 is 0 Å². The van der Waals surface area contributed by atoms with Crippen LogP contribution in [0.2, 0.25) is 0 Å². The van der Waals surface area contributed by atoms with E-state index in [1.54, 1.807) is 12.2 Å². The van der Waals surface area contributed by atoms with Crippen LogP contribution in [0.5, 0.6) is 0 Å². The highest BCUT2D eigenvalue weighted by Gasteiger charge is 2.21. The largest absolute Gasteiger partial charge is 0.372 e. The summed E-state index contributed by atoms with van der Waals surface area (Å²) in [5.41, 5.74) is 4.98. The number of carbonyl (C=O) groups is 2. The number of carbonyl (C=O) groups excluding carboxylic acids is 2. The van der Waals surface area contributed by atoms with Crippen LogP contribution in [0.25, 0.3) is 6.08 Å². The van der Waals surface area contributed by atoms with Crippen molar-refractivity contribution in [1.29, 1.82) is 0 Å². The van der Waals surface area contributed by atoms with Crippen LogP contribution in [0.4, 0.5) is 17.1 Å². The second-order valence-corrected chi connectivity index (χ2v) is 7.76. The molecule has 29 heavy (non-hydrogen) atoms. The first-order valence-corrected chi connectivity index (χ1v) is 10.4. The van der Waals surface area contributed by atoms with Gasteiger partial charge in [-0.2, -0.15) is 0 Å². The van der Waals surface area contributed by atoms with E-state index in [9.17, 15) is 9.59 Å². The third-order valence-corrected chi connectivity index (χ3v) is 5.64. The van der Waals surface area contributed by atoms with Crippen molar-refractivity contribution in [3.63, 3.8) is 0 Å². The third kappa shape index (κ3) is 4.50. The maximum Gasteiger partial charge on any atom is 0.248 e. The predicted octanol–water partition coefficient (Wildman–Crippen LogP) is 4.37. The lowest BCUT2D eigenvalue weighted by molar-refractivity contribution is -0.117. The Labute approximate surface area is 172 Å². The second-order valence-electron chi connectivity index (χ2n) is 7.76. The van der Waals surface area contributed by atoms with Crippen LogP contribution in [0, 0.1) is 6.92 Å². The molecule has 5 nitrogen and oxygen atoms in total. The highest BCUT2D eigenvalue weighted by atomic mass is 16.2. The first kappa shape index (κ1) is 19.2. The van der Waals surface area contributed by atoms with E-state index < -0.39 is 0 Å². The lowest BCUT2D eigenvalue weighted by Crippen LogP contribution is -2.23. The molecule has 0 aliphatic carbocycles. The van der Waals surface area contributed by atoms with Crippen LogP contribution in [0.3, 0.4) is 0 Å². The van der Waals surface area contributed by atoms with Gasteiger partial charge >= 0.3 is 0 Å². The molecule has 2 heterocycles. The molecule has 2 amide bonds. The molecule has 4 rings (SSSR count). The average Bonchev–Trinajstić information content (AvgIpc) is 3.40. The molecule has 2 saturated heterocycles. The smallest absolute Gasteiger partial charge is 0.248 e. The van der Waals surface area contributed by atoms with Crippen molar-refractivity contribution in [2.45, 2.75) is 32.6 Å². The fourth-order valence-electron chi connectivity index (χ4n) is 3.99. The molecule has 2 aliphatic rings. The van der Waals surface area contributed by atoms with E-state index in [-0.39, 0.29) is 11.8 Å². The maximum atomic E-state index is 12.3. The fraction of sp³-hybridized carbons (Fsp3) is 0.333. The zero-order valence-electron chi connectivity index (χ0n) is 16.9. The number of rotatable bonds is 5. The molecule has 0 bridgehead atoms. The van der Waals surface area contributed by atoms with Gasteiger partial charge in [0.05, 0.1) is 0 Å². The Balaban J connectivity index is 1.36. The van der Waals surface area contributed by atoms with Crippen molar-refractivity contribution in [3.8, 4) is 0 Å². The molecule has 0 unspecified atom stereocenters. The number of amides is 2. The van der Waals surface area contributed by atoms with Gasteiger partial charge in [-0.3, -0.25) is 9.59 Å². The highest BCUT2D eigenvalue weighted by molar-refractivity contribution is 6.02. The van der Waals surface area contributed by atoms with E-state index in [1.807, 2.05) is 42.2 Å². The molecule has 0 radical (unpaired) electrons. The quantitative estimate of drug-likeness (QED) is 0.773. The van der Waals surface area contributed by atoms with Gasteiger partial charge in [0.1, 0.15) is 0 Å². The number of aryl methyl sites for hydroxylation is 1. The number of hydrogen-bond acceptors (Lipinski definition) is 3. The van der Waals surface area contributed by atoms with Crippen LogP contribution in [0.1, 0.15) is 36.8 Å². The van der Waals surface area contributed by atoms with Gasteiger partial charge in [0.25, 0.3) is 0 Å². The monoisotopic (exact) mass is 389 g/mol. The minimum atomic E-state index is -0.152. The third-order valence-electron chi connectivity index (χ3n) is 5.64. The first-order chi connectivity index (χ1) is 14.1. The van der Waals surface area contributed by atoms with E-state index in [2.05, 4.69) is 22.3 Å². The fourth-order valence-corrected chi connectivity index (χ4v) is 3.99. The van der Waals surface area contributed by atoms with E-state index in [1.165, 1.54) is 18.5 Å². The zero-order valence-corrected chi connectivity index (χ0v) is 16.9. The molecule has 2 fully saturated rings. The molecule has 5 heteroatoms. The Morgan fingerprint density at radius 1 is 0.966 bits per heavy atom. The SMILES string of the molecule is Cc1cc(N2CCCC2)ccc1NC(=O)/C=C/c1ccc(N2CCCC2=O)cc1. The Morgan fingerprint density at radius 2 is 1.69 bits per heavy atom. The molecule has 150 valence electrons. The Morgan fingerprint density at radius 3 is 2.34 bits per heavy atom. The van der Waals surface area contributed by atoms with E-state index >= 15 is 0 Å². The minimum absolute atomic E-state index is 0.152. The van der Waals surface area contributed by atoms with Gasteiger partial charge in [0.15, 0.2) is 0 Å². The van der Waals surface area contributed by atoms with Crippen LogP contribution in [-0.2, 0) is 9.59 Å². The van der Waals surface area contributed by atoms with Crippen LogP contribution < -0.4 is 15.1 Å². The Kier molecular flexibility index (Phi) is 5.65. The summed E-state index contributed by atoms with van der Waals surface area (Å²) in [6, 6.07) is 13.9. The van der Waals surface area contributed by atoms with Gasteiger partial charge in [-0.1, -0.05) is 12.1 Å². The summed E-state index contributed by atoms with van der Waals surface area (Å²) in [5.74, 6) is 0.0274. The van der Waals surface area contributed by atoms with E-state index in [0.29, 0.717) is 6.42 Å². The van der Waals surface area contributed by atoms with Crippen molar-refractivity contribution >= 4 is 35.0 Å². The number of nitrogens with one attached hydrogen (secondary N) is 1. The standard InChI is InChI=1S/C24H27N3O2/c1-18-17-21(26-14-2-3-15-26)11-12-22(18)25-23(28)13-8-19-6-9-20(10-7-19)27-16-4-5-24(27)29/h6-13,17H,2-5,14-16H2,1H3,(H,25,28)/b13-8+. The van der Waals surface area contributed by atoms with Crippen LogP contribution in [0.15, 0.2) is 48.5 Å². The Bertz CT molecular complexity index is 928. The predicted molar refractivity (Wildman–Crippen MR) is 118 cm³/mol. The molecular weight excluding hydrogens is 362 g/mol. The summed E-state index contributed by atoms with van der Waals surface area (Å²) in [7, 11) is 0. The van der Waals surface area contributed by atoms with Gasteiger partial charge in [0.2, 0.25) is 11.8 Å². The molecule has 2 aromatic carbocycles. The molecule has 2 aromatic rings. The van der Waals surface area contributed by atoms with Crippen molar-refractivity contribution in [2.24, 2.45) is 0 Å². The van der Waals surface area contributed by atoms with Gasteiger partial charge in [-0.25, -0.2) is 0 Å². The minimum Gasteiger partial charge on any atom is -0.372 e. The van der Waals surface area contributed by atoms with E-state index in [0.717, 1.165) is 48.6 Å². The Hall–Kier alpha value is -3.08. The lowest BCUT2D eigenvalue weighted by atomic mass is 10.1. The number of hydrogen-bond donors (Lipinski definition) is 1. The number of anilines is 3. The number of benzene rings is 2. The molecule has 0 spiro atoms. The topological polar surface area (TPSA) is 52.7 Å². The lowest BCUT2D eigenvalue weighted by Gasteiger charge is -2.19. The van der Waals surface area contributed by atoms with Crippen molar-refractivity contribution in [2.75, 3.05) is 34.8 Å². The summed E-state index contributed by atoms with van der Waals surface area (Å²) in [4.78, 5) is 28.4. The molecule has 1 N–H and O–H groups in total. The summed E-state index contributed by atoms with van der Waals surface area (Å²) in [5, 5.41) is 2.96. The second kappa shape index (κ2) is 8.52. The van der Waals surface area contributed by atoms with Crippen LogP contribution in [-0.4, -0.2) is 31.4 Å². The summed E-state index contributed by atoms with van der Waals surface area (Å²) in [6.07, 6.45) is 7.37. The van der Waals surface area contributed by atoms with E-state index in [4.69, 9.17) is 0 Å². The normalized spacial score (nSPS) is 16.8. The zero-order chi connectivity index (χ0) is 20.2. The van der Waals surface area contributed by atoms with Gasteiger partial charge < -0.3 is 15.1 Å². The molecule has 0 aromatic heterocycles. The molecule has 2 aliphatic heterocycles. The summed E-state index contributed by atoms with van der Waals surface area (Å²) < 4.78 is 0. The number of nitrogens with zero attached hydrogens (tertiary/aromatic N) is 2. The molecule has 0 atom stereocenters. The van der Waals surface area contributed by atoms with Crippen molar-refractivity contribution in [1.82, 2.24) is 0 Å². The highest BCUT2D eigenvalue weighted by Crippen LogP contribution is 2.26.